The first-order chi connectivity index (χ1) is 15.7. The molecule has 0 radical (unpaired) electrons. The molecule has 0 aromatic heterocycles. The predicted octanol–water partition coefficient (Wildman–Crippen LogP) is 2.97. The maximum Gasteiger partial charge on any atom is 0.323 e. The number of benzene rings is 1. The van der Waals surface area contributed by atoms with Gasteiger partial charge in [-0.2, -0.15) is 0 Å². The van der Waals surface area contributed by atoms with Crippen LogP contribution >= 0.6 is 0 Å². The van der Waals surface area contributed by atoms with Crippen molar-refractivity contribution >= 4 is 23.9 Å². The molecule has 0 aliphatic heterocycles. The summed E-state index contributed by atoms with van der Waals surface area (Å²) >= 11 is 0. The van der Waals surface area contributed by atoms with E-state index in [1.807, 2.05) is 13.8 Å². The van der Waals surface area contributed by atoms with Crippen LogP contribution in [0.4, 0.5) is 0 Å². The van der Waals surface area contributed by atoms with Crippen LogP contribution in [0.2, 0.25) is 0 Å². The van der Waals surface area contributed by atoms with E-state index in [1.54, 1.807) is 26.0 Å². The Balaban J connectivity index is 2.87. The molecule has 0 fully saturated rings. The van der Waals surface area contributed by atoms with Crippen molar-refractivity contribution in [1.82, 2.24) is 5.32 Å². The van der Waals surface area contributed by atoms with Crippen LogP contribution in [0.1, 0.15) is 58.9 Å². The molecule has 0 heterocycles. The van der Waals surface area contributed by atoms with Gasteiger partial charge in [-0.3, -0.25) is 19.2 Å². The van der Waals surface area contributed by atoms with E-state index in [9.17, 15) is 19.2 Å². The smallest absolute Gasteiger partial charge is 0.323 e. The average molecular weight is 466 g/mol. The van der Waals surface area contributed by atoms with Gasteiger partial charge in [-0.25, -0.2) is 0 Å². The lowest BCUT2D eigenvalue weighted by Crippen LogP contribution is -2.41. The Hall–Kier alpha value is -2.94. The normalized spacial score (nSPS) is 12.4. The molecule has 9 nitrogen and oxygen atoms in total. The van der Waals surface area contributed by atoms with E-state index >= 15 is 0 Å². The molecule has 0 bridgehead atoms. The van der Waals surface area contributed by atoms with Gasteiger partial charge in [0.25, 0.3) is 0 Å². The van der Waals surface area contributed by atoms with Crippen molar-refractivity contribution in [3.8, 4) is 11.5 Å². The van der Waals surface area contributed by atoms with E-state index in [0.717, 1.165) is 12.8 Å². The van der Waals surface area contributed by atoms with Crippen LogP contribution < -0.4 is 14.8 Å². The monoisotopic (exact) mass is 465 g/mol. The lowest BCUT2D eigenvalue weighted by molar-refractivity contribution is -0.148. The summed E-state index contributed by atoms with van der Waals surface area (Å²) in [7, 11) is 1.28. The molecular weight excluding hydrogens is 430 g/mol. The highest BCUT2D eigenvalue weighted by Gasteiger charge is 2.21. The summed E-state index contributed by atoms with van der Waals surface area (Å²) in [4.78, 5) is 47.7. The van der Waals surface area contributed by atoms with Crippen molar-refractivity contribution in [2.45, 2.75) is 65.8 Å². The Bertz CT molecular complexity index is 808. The molecule has 0 aliphatic carbocycles. The molecular formula is C24H35NO8. The van der Waals surface area contributed by atoms with Gasteiger partial charge < -0.3 is 24.3 Å². The number of nitrogens with one attached hydrogen (secondary N) is 1. The average Bonchev–Trinajstić information content (AvgIpc) is 2.81. The van der Waals surface area contributed by atoms with Crippen LogP contribution in [-0.4, -0.2) is 50.2 Å². The molecule has 0 spiro atoms. The Labute approximate surface area is 195 Å². The van der Waals surface area contributed by atoms with Crippen molar-refractivity contribution in [3.05, 3.63) is 23.8 Å². The van der Waals surface area contributed by atoms with E-state index in [1.165, 1.54) is 13.2 Å². The van der Waals surface area contributed by atoms with Gasteiger partial charge in [0.15, 0.2) is 11.5 Å². The number of carbonyl (C=O) groups is 4. The molecule has 1 N–H and O–H groups in total. The molecule has 1 aromatic rings. The standard InChI is InChI=1S/C24H35NO8/c1-6-9-16(4)23(28)31-13-12-25-18(24(29)30-5)14-17-10-11-19(32-21(26)7-2)20(15-17)33-22(27)8-3/h10-11,15-16,18,25H,6-9,12-14H2,1-5H3/t16?,18-/m0/s1. The lowest BCUT2D eigenvalue weighted by atomic mass is 10.1. The van der Waals surface area contributed by atoms with Crippen molar-refractivity contribution in [3.63, 3.8) is 0 Å². The van der Waals surface area contributed by atoms with Crippen LogP contribution in [0.5, 0.6) is 11.5 Å². The zero-order chi connectivity index (χ0) is 24.8. The maximum absolute atomic E-state index is 12.3. The Morgan fingerprint density at radius 2 is 1.58 bits per heavy atom. The highest BCUT2D eigenvalue weighted by atomic mass is 16.6. The third kappa shape index (κ3) is 10.0. The quantitative estimate of drug-likeness (QED) is 0.251. The molecule has 184 valence electrons. The topological polar surface area (TPSA) is 117 Å². The second-order valence-corrected chi connectivity index (χ2v) is 7.53. The van der Waals surface area contributed by atoms with E-state index in [2.05, 4.69) is 5.32 Å². The number of hydrogen-bond acceptors (Lipinski definition) is 9. The zero-order valence-electron chi connectivity index (χ0n) is 20.1. The van der Waals surface area contributed by atoms with Crippen molar-refractivity contribution in [1.29, 1.82) is 0 Å². The van der Waals surface area contributed by atoms with Crippen molar-refractivity contribution in [2.75, 3.05) is 20.3 Å². The van der Waals surface area contributed by atoms with Crippen LogP contribution in [-0.2, 0) is 35.1 Å². The fourth-order valence-corrected chi connectivity index (χ4v) is 2.93. The largest absolute Gasteiger partial charge is 0.468 e. The molecule has 9 heteroatoms. The Morgan fingerprint density at radius 1 is 0.939 bits per heavy atom. The minimum atomic E-state index is -0.722. The SMILES string of the molecule is CCCC(C)C(=O)OCCN[C@@H](Cc1ccc(OC(=O)CC)c(OC(=O)CC)c1)C(=O)OC. The van der Waals surface area contributed by atoms with Crippen molar-refractivity contribution < 1.29 is 38.1 Å². The van der Waals surface area contributed by atoms with Gasteiger partial charge in [0.1, 0.15) is 12.6 Å². The first-order valence-corrected chi connectivity index (χ1v) is 11.3. The molecule has 33 heavy (non-hydrogen) atoms. The molecule has 0 aliphatic rings. The molecule has 0 saturated heterocycles. The minimum Gasteiger partial charge on any atom is -0.468 e. The third-order valence-corrected chi connectivity index (χ3v) is 4.82. The van der Waals surface area contributed by atoms with Gasteiger partial charge in [0.2, 0.25) is 0 Å². The third-order valence-electron chi connectivity index (χ3n) is 4.82. The summed E-state index contributed by atoms with van der Waals surface area (Å²) in [5.74, 6) is -1.65. The number of hydrogen-bond donors (Lipinski definition) is 1. The second-order valence-electron chi connectivity index (χ2n) is 7.53. The van der Waals surface area contributed by atoms with Gasteiger partial charge in [-0.1, -0.05) is 40.2 Å². The summed E-state index contributed by atoms with van der Waals surface area (Å²) in [5, 5.41) is 3.03. The highest BCUT2D eigenvalue weighted by molar-refractivity contribution is 5.77. The van der Waals surface area contributed by atoms with Gasteiger partial charge >= 0.3 is 23.9 Å². The fourth-order valence-electron chi connectivity index (χ4n) is 2.93. The fraction of sp³-hybridized carbons (Fsp3) is 0.583. The van der Waals surface area contributed by atoms with E-state index < -0.39 is 23.9 Å². The molecule has 0 saturated carbocycles. The summed E-state index contributed by atoms with van der Waals surface area (Å²) in [6.07, 6.45) is 2.17. The Morgan fingerprint density at radius 3 is 2.15 bits per heavy atom. The van der Waals surface area contributed by atoms with Crippen LogP contribution in [0, 0.1) is 5.92 Å². The number of carbonyl (C=O) groups excluding carboxylic acids is 4. The van der Waals surface area contributed by atoms with Crippen molar-refractivity contribution in [2.24, 2.45) is 5.92 Å². The van der Waals surface area contributed by atoms with Gasteiger partial charge in [-0.05, 0) is 30.5 Å². The minimum absolute atomic E-state index is 0.101. The summed E-state index contributed by atoms with van der Waals surface area (Å²) in [6.45, 7) is 7.50. The number of ether oxygens (including phenoxy) is 4. The van der Waals surface area contributed by atoms with E-state index in [4.69, 9.17) is 18.9 Å². The first kappa shape index (κ1) is 28.1. The summed E-state index contributed by atoms with van der Waals surface area (Å²) in [6, 6.07) is 4.02. The van der Waals surface area contributed by atoms with Crippen LogP contribution in [0.3, 0.4) is 0 Å². The molecule has 1 rings (SSSR count). The highest BCUT2D eigenvalue weighted by Crippen LogP contribution is 2.30. The van der Waals surface area contributed by atoms with Crippen LogP contribution in [0.25, 0.3) is 0 Å². The molecule has 2 atom stereocenters. The van der Waals surface area contributed by atoms with Crippen LogP contribution in [0.15, 0.2) is 18.2 Å². The first-order valence-electron chi connectivity index (χ1n) is 11.3. The lowest BCUT2D eigenvalue weighted by Gasteiger charge is -2.18. The van der Waals surface area contributed by atoms with Gasteiger partial charge in [-0.15, -0.1) is 0 Å². The second kappa shape index (κ2) is 15.0. The van der Waals surface area contributed by atoms with E-state index in [-0.39, 0.29) is 55.8 Å². The maximum atomic E-state index is 12.3. The predicted molar refractivity (Wildman–Crippen MR) is 121 cm³/mol. The van der Waals surface area contributed by atoms with Gasteiger partial charge in [0, 0.05) is 19.4 Å². The number of esters is 4. The number of methoxy groups -OCH3 is 1. The Kier molecular flexibility index (Phi) is 12.8. The molecule has 0 amide bonds. The summed E-state index contributed by atoms with van der Waals surface area (Å²) in [5.41, 5.74) is 0.654. The van der Waals surface area contributed by atoms with E-state index in [0.29, 0.717) is 5.56 Å². The molecule has 1 aromatic carbocycles. The summed E-state index contributed by atoms with van der Waals surface area (Å²) < 4.78 is 20.7. The van der Waals surface area contributed by atoms with Gasteiger partial charge in [0.05, 0.1) is 13.0 Å². The number of rotatable bonds is 14. The zero-order valence-corrected chi connectivity index (χ0v) is 20.1. The molecule has 1 unspecified atom stereocenters.